The second kappa shape index (κ2) is 10.7. The summed E-state index contributed by atoms with van der Waals surface area (Å²) in [5.74, 6) is -1.84. The Bertz CT molecular complexity index is 1130. The Morgan fingerprint density at radius 1 is 1.18 bits per heavy atom. The lowest BCUT2D eigenvalue weighted by Crippen LogP contribution is -2.58. The molecule has 1 aromatic carbocycles. The van der Waals surface area contributed by atoms with E-state index in [2.05, 4.69) is 20.1 Å². The van der Waals surface area contributed by atoms with Crippen LogP contribution in [0.5, 0.6) is 0 Å². The van der Waals surface area contributed by atoms with Gasteiger partial charge < -0.3 is 19.8 Å². The highest BCUT2D eigenvalue weighted by Crippen LogP contribution is 2.72. The fourth-order valence-electron chi connectivity index (χ4n) is 6.74. The molecule has 0 radical (unpaired) electrons. The molecular formula is C29H38ClN3O4S. The average Bonchev–Trinajstić information content (AvgIpc) is 3.44. The number of hydrogen-bond acceptors (Lipinski definition) is 5. The van der Waals surface area contributed by atoms with Crippen LogP contribution in [0.4, 0.5) is 5.69 Å². The number of benzene rings is 1. The summed E-state index contributed by atoms with van der Waals surface area (Å²) in [6, 6.07) is 5.63. The van der Waals surface area contributed by atoms with Crippen LogP contribution in [0.1, 0.15) is 33.6 Å². The van der Waals surface area contributed by atoms with Crippen LogP contribution in [-0.4, -0.2) is 80.9 Å². The zero-order chi connectivity index (χ0) is 28.0. The third kappa shape index (κ3) is 4.38. The molecule has 3 aliphatic rings. The summed E-state index contributed by atoms with van der Waals surface area (Å²) in [5.41, 5.74) is 0.652. The van der Waals surface area contributed by atoms with Crippen LogP contribution in [0.15, 0.2) is 49.6 Å². The van der Waals surface area contributed by atoms with Gasteiger partial charge in [0.2, 0.25) is 11.8 Å². The van der Waals surface area contributed by atoms with Gasteiger partial charge in [-0.2, -0.15) is 0 Å². The van der Waals surface area contributed by atoms with Gasteiger partial charge >= 0.3 is 0 Å². The topological polar surface area (TPSA) is 81.2 Å². The van der Waals surface area contributed by atoms with E-state index in [9.17, 15) is 19.5 Å². The maximum atomic E-state index is 14.6. The Morgan fingerprint density at radius 2 is 1.82 bits per heavy atom. The summed E-state index contributed by atoms with van der Waals surface area (Å²) in [6.45, 7) is 13.9. The van der Waals surface area contributed by atoms with Gasteiger partial charge in [-0.25, -0.2) is 0 Å². The lowest BCUT2D eigenvalue weighted by atomic mass is 9.66. The summed E-state index contributed by atoms with van der Waals surface area (Å²) < 4.78 is -1.24. The van der Waals surface area contributed by atoms with Gasteiger partial charge in [-0.1, -0.05) is 37.6 Å². The molecule has 206 valence electrons. The number of rotatable bonds is 10. The molecule has 1 aromatic rings. The monoisotopic (exact) mass is 559 g/mol. The minimum atomic E-state index is -0.829. The number of likely N-dealkylation sites (tertiary alicyclic amines) is 1. The number of hydrogen-bond donors (Lipinski definition) is 1. The van der Waals surface area contributed by atoms with Crippen molar-refractivity contribution >= 4 is 46.8 Å². The van der Waals surface area contributed by atoms with Crippen molar-refractivity contribution < 1.29 is 19.5 Å². The van der Waals surface area contributed by atoms with Gasteiger partial charge in [-0.15, -0.1) is 24.9 Å². The number of fused-ring (bicyclic) bond motifs is 1. The zero-order valence-corrected chi connectivity index (χ0v) is 24.2. The first-order chi connectivity index (χ1) is 18.0. The molecule has 1 N–H and O–H groups in total. The zero-order valence-electron chi connectivity index (χ0n) is 22.6. The molecule has 3 heterocycles. The van der Waals surface area contributed by atoms with Gasteiger partial charge in [-0.05, 0) is 49.9 Å². The van der Waals surface area contributed by atoms with Gasteiger partial charge in [0.05, 0.1) is 29.2 Å². The van der Waals surface area contributed by atoms with Crippen molar-refractivity contribution in [2.24, 2.45) is 17.8 Å². The van der Waals surface area contributed by atoms with Crippen molar-refractivity contribution in [3.05, 3.63) is 54.6 Å². The van der Waals surface area contributed by atoms with Crippen molar-refractivity contribution in [1.82, 2.24) is 9.80 Å². The van der Waals surface area contributed by atoms with E-state index >= 15 is 0 Å². The Kier molecular flexibility index (Phi) is 8.09. The standard InChI is InChI=1S/C29H38ClN3O4S/c1-7-15-31(6)25(35)22-23-26(36)33(21(17-34)18(3)4)24(29(23)14-13-28(22,5)38-29)27(37)32(16-8-2)20-11-9-19(30)10-12-20/h7-12,18,21-24,34H,1-2,13-17H2,3-6H3/t21-,22+,23-,24?,28-,29?/m0/s1. The summed E-state index contributed by atoms with van der Waals surface area (Å²) in [5, 5.41) is 11.0. The first kappa shape index (κ1) is 28.7. The highest BCUT2D eigenvalue weighted by Gasteiger charge is 2.78. The molecule has 7 nitrogen and oxygen atoms in total. The Hall–Kier alpha value is -2.29. The smallest absolute Gasteiger partial charge is 0.251 e. The minimum Gasteiger partial charge on any atom is -0.394 e. The molecule has 2 unspecified atom stereocenters. The fourth-order valence-corrected chi connectivity index (χ4v) is 9.19. The normalized spacial score (nSPS) is 30.3. The number of thioether (sulfide) groups is 1. The van der Waals surface area contributed by atoms with Crippen LogP contribution in [0.3, 0.4) is 0 Å². The summed E-state index contributed by atoms with van der Waals surface area (Å²) in [7, 11) is 1.73. The highest BCUT2D eigenvalue weighted by molar-refractivity contribution is 8.02. The van der Waals surface area contributed by atoms with E-state index in [0.717, 1.165) is 6.42 Å². The number of carbonyl (C=O) groups excluding carboxylic acids is 3. The van der Waals surface area contributed by atoms with Crippen molar-refractivity contribution in [3.63, 3.8) is 0 Å². The van der Waals surface area contributed by atoms with E-state index in [0.29, 0.717) is 23.7 Å². The molecular weight excluding hydrogens is 522 g/mol. The quantitative estimate of drug-likeness (QED) is 0.438. The number of amides is 3. The van der Waals surface area contributed by atoms with E-state index < -0.39 is 33.4 Å². The molecule has 38 heavy (non-hydrogen) atoms. The number of aliphatic hydroxyl groups is 1. The molecule has 6 atom stereocenters. The van der Waals surface area contributed by atoms with E-state index in [4.69, 9.17) is 11.6 Å². The molecule has 3 aliphatic heterocycles. The summed E-state index contributed by atoms with van der Waals surface area (Å²) >= 11 is 7.75. The van der Waals surface area contributed by atoms with E-state index in [1.54, 1.807) is 69.9 Å². The molecule has 1 spiro atoms. The number of halogens is 1. The second-order valence-corrected chi connectivity index (χ2v) is 13.5. The number of carbonyl (C=O) groups is 3. The van der Waals surface area contributed by atoms with Crippen molar-refractivity contribution in [2.45, 2.75) is 55.2 Å². The Morgan fingerprint density at radius 3 is 2.37 bits per heavy atom. The van der Waals surface area contributed by atoms with Crippen LogP contribution in [0.2, 0.25) is 5.02 Å². The molecule has 3 amide bonds. The lowest BCUT2D eigenvalue weighted by molar-refractivity contribution is -0.146. The van der Waals surface area contributed by atoms with Gasteiger partial charge in [0, 0.05) is 35.6 Å². The Labute approximate surface area is 234 Å². The fraction of sp³-hybridized carbons (Fsp3) is 0.552. The molecule has 3 saturated heterocycles. The van der Waals surface area contributed by atoms with Gasteiger partial charge in [0.1, 0.15) is 6.04 Å². The molecule has 0 saturated carbocycles. The Balaban J connectivity index is 1.86. The van der Waals surface area contributed by atoms with Crippen molar-refractivity contribution in [3.8, 4) is 0 Å². The molecule has 0 aliphatic carbocycles. The third-order valence-electron chi connectivity index (χ3n) is 8.52. The predicted molar refractivity (Wildman–Crippen MR) is 153 cm³/mol. The molecule has 0 aromatic heterocycles. The largest absolute Gasteiger partial charge is 0.394 e. The summed E-state index contributed by atoms with van der Waals surface area (Å²) in [6.07, 6.45) is 4.70. The number of aliphatic hydroxyl groups excluding tert-OH is 1. The molecule has 3 fully saturated rings. The van der Waals surface area contributed by atoms with Crippen LogP contribution in [0.25, 0.3) is 0 Å². The van der Waals surface area contributed by atoms with E-state index in [1.807, 2.05) is 13.8 Å². The van der Waals surface area contributed by atoms with Crippen LogP contribution >= 0.6 is 23.4 Å². The third-order valence-corrected chi connectivity index (χ3v) is 10.8. The van der Waals surface area contributed by atoms with Gasteiger partial charge in [0.25, 0.3) is 5.91 Å². The maximum absolute atomic E-state index is 14.6. The molecule has 2 bridgehead atoms. The maximum Gasteiger partial charge on any atom is 0.251 e. The number of anilines is 1. The predicted octanol–water partition coefficient (Wildman–Crippen LogP) is 4.00. The highest BCUT2D eigenvalue weighted by atomic mass is 35.5. The first-order valence-corrected chi connectivity index (χ1v) is 14.3. The van der Waals surface area contributed by atoms with Crippen molar-refractivity contribution in [1.29, 1.82) is 0 Å². The van der Waals surface area contributed by atoms with Crippen LogP contribution < -0.4 is 4.90 Å². The minimum absolute atomic E-state index is 0.0896. The second-order valence-electron chi connectivity index (χ2n) is 11.2. The van der Waals surface area contributed by atoms with Gasteiger partial charge in [-0.3, -0.25) is 14.4 Å². The van der Waals surface area contributed by atoms with Gasteiger partial charge in [0.15, 0.2) is 0 Å². The van der Waals surface area contributed by atoms with Crippen LogP contribution in [0, 0.1) is 17.8 Å². The average molecular weight is 560 g/mol. The first-order valence-electron chi connectivity index (χ1n) is 13.1. The van der Waals surface area contributed by atoms with Crippen LogP contribution in [-0.2, 0) is 14.4 Å². The van der Waals surface area contributed by atoms with E-state index in [1.165, 1.54) is 0 Å². The number of nitrogens with zero attached hydrogens (tertiary/aromatic N) is 3. The molecule has 9 heteroatoms. The SMILES string of the molecule is C=CCN(C)C(=O)[C@H]1[C@H]2C(=O)N([C@@H](CO)C(C)C)C(C(=O)N(CC=C)c3ccc(Cl)cc3)C23CC[C@]1(C)S3. The summed E-state index contributed by atoms with van der Waals surface area (Å²) in [4.78, 5) is 47.7. The number of likely N-dealkylation sites (N-methyl/N-ethyl adjacent to an activating group) is 1. The van der Waals surface area contributed by atoms with Crippen molar-refractivity contribution in [2.75, 3.05) is 31.6 Å². The lowest BCUT2D eigenvalue weighted by Gasteiger charge is -2.40. The van der Waals surface area contributed by atoms with E-state index in [-0.39, 0.29) is 36.8 Å². The molecule has 4 rings (SSSR count).